The molecule has 0 unspecified atom stereocenters. The van der Waals surface area contributed by atoms with Crippen LogP contribution in [0.3, 0.4) is 0 Å². The van der Waals surface area contributed by atoms with Crippen LogP contribution < -0.4 is 0 Å². The third-order valence-corrected chi connectivity index (χ3v) is 3.49. The van der Waals surface area contributed by atoms with Gasteiger partial charge in [-0.05, 0) is 20.8 Å². The summed E-state index contributed by atoms with van der Waals surface area (Å²) in [6.07, 6.45) is 2.10. The van der Waals surface area contributed by atoms with Crippen molar-refractivity contribution in [3.63, 3.8) is 0 Å². The quantitative estimate of drug-likeness (QED) is 0.389. The van der Waals surface area contributed by atoms with Crippen molar-refractivity contribution in [3.8, 4) is 0 Å². The number of nitrogens with zero attached hydrogens (tertiary/aromatic N) is 2. The molecule has 0 radical (unpaired) electrons. The van der Waals surface area contributed by atoms with Gasteiger partial charge in [-0.2, -0.15) is 12.7 Å². The van der Waals surface area contributed by atoms with Crippen LogP contribution in [0.4, 0.5) is 0 Å². The molecule has 124 valence electrons. The maximum atomic E-state index is 11.6. The molecule has 0 aromatic carbocycles. The number of amides is 2. The first kappa shape index (κ1) is 18.3. The molecule has 1 aliphatic heterocycles. The van der Waals surface area contributed by atoms with E-state index in [0.29, 0.717) is 4.31 Å². The van der Waals surface area contributed by atoms with Crippen LogP contribution in [-0.2, 0) is 29.4 Å². The van der Waals surface area contributed by atoms with Crippen LogP contribution in [0.1, 0.15) is 20.8 Å². The van der Waals surface area contributed by atoms with E-state index in [-0.39, 0.29) is 6.54 Å². The zero-order chi connectivity index (χ0) is 17.1. The summed E-state index contributed by atoms with van der Waals surface area (Å²) in [5.41, 5.74) is -0.813. The highest BCUT2D eigenvalue weighted by Crippen LogP contribution is 2.09. The van der Waals surface area contributed by atoms with Crippen molar-refractivity contribution in [2.75, 3.05) is 19.6 Å². The lowest BCUT2D eigenvalue weighted by molar-refractivity contribution is -0.155. The molecule has 0 saturated heterocycles. The molecule has 1 N–H and O–H groups in total. The summed E-state index contributed by atoms with van der Waals surface area (Å²) >= 11 is 0. The first-order valence-corrected chi connectivity index (χ1v) is 7.78. The molecular weight excluding hydrogens is 316 g/mol. The van der Waals surface area contributed by atoms with E-state index in [1.54, 1.807) is 20.8 Å². The molecule has 9 nitrogen and oxygen atoms in total. The summed E-state index contributed by atoms with van der Waals surface area (Å²) in [4.78, 5) is 35.1. The highest BCUT2D eigenvalue weighted by molar-refractivity contribution is 7.83. The Morgan fingerprint density at radius 1 is 1.27 bits per heavy atom. The summed E-state index contributed by atoms with van der Waals surface area (Å²) < 4.78 is 37.0. The van der Waals surface area contributed by atoms with Gasteiger partial charge in [0.25, 0.3) is 11.8 Å². The second kappa shape index (κ2) is 6.55. The molecule has 0 saturated carbocycles. The molecule has 0 bridgehead atoms. The van der Waals surface area contributed by atoms with Gasteiger partial charge in [0, 0.05) is 25.2 Å². The van der Waals surface area contributed by atoms with Crippen LogP contribution in [0.15, 0.2) is 12.2 Å². The fraction of sp³-hybridized carbons (Fsp3) is 0.583. The Balaban J connectivity index is 2.69. The lowest BCUT2D eigenvalue weighted by Crippen LogP contribution is -2.44. The second-order valence-electron chi connectivity index (χ2n) is 5.56. The van der Waals surface area contributed by atoms with Crippen molar-refractivity contribution in [3.05, 3.63) is 12.2 Å². The van der Waals surface area contributed by atoms with Crippen molar-refractivity contribution in [1.82, 2.24) is 9.21 Å². The zero-order valence-corrected chi connectivity index (χ0v) is 13.3. The molecule has 10 heteroatoms. The first-order chi connectivity index (χ1) is 9.90. The third kappa shape index (κ3) is 5.54. The van der Waals surface area contributed by atoms with Crippen LogP contribution in [0.2, 0.25) is 0 Å². The fourth-order valence-electron chi connectivity index (χ4n) is 1.66. The van der Waals surface area contributed by atoms with Crippen LogP contribution >= 0.6 is 0 Å². The molecule has 1 rings (SSSR count). The summed E-state index contributed by atoms with van der Waals surface area (Å²) in [5.74, 6) is -2.03. The van der Waals surface area contributed by atoms with Crippen LogP contribution in [0.5, 0.6) is 0 Å². The normalized spacial score (nSPS) is 15.8. The molecule has 0 aromatic rings. The Kier molecular flexibility index (Phi) is 5.44. The first-order valence-electron chi connectivity index (χ1n) is 6.38. The molecule has 22 heavy (non-hydrogen) atoms. The van der Waals surface area contributed by atoms with Crippen molar-refractivity contribution in [1.29, 1.82) is 0 Å². The van der Waals surface area contributed by atoms with Gasteiger partial charge in [-0.25, -0.2) is 0 Å². The predicted octanol–water partition coefficient (Wildman–Crippen LogP) is -0.642. The van der Waals surface area contributed by atoms with Gasteiger partial charge in [-0.1, -0.05) is 0 Å². The average Bonchev–Trinajstić information content (AvgIpc) is 2.61. The number of rotatable bonds is 6. The number of esters is 1. The van der Waals surface area contributed by atoms with Crippen LogP contribution in [0.25, 0.3) is 0 Å². The van der Waals surface area contributed by atoms with Gasteiger partial charge in [0.2, 0.25) is 0 Å². The van der Waals surface area contributed by atoms with Gasteiger partial charge in [-0.3, -0.25) is 23.8 Å². The van der Waals surface area contributed by atoms with E-state index in [2.05, 4.69) is 0 Å². The Morgan fingerprint density at radius 3 is 2.18 bits per heavy atom. The molecule has 0 spiro atoms. The lowest BCUT2D eigenvalue weighted by Gasteiger charge is -2.24. The van der Waals surface area contributed by atoms with E-state index in [1.807, 2.05) is 0 Å². The van der Waals surface area contributed by atoms with Crippen molar-refractivity contribution < 1.29 is 32.1 Å². The monoisotopic (exact) mass is 334 g/mol. The molecule has 2 amide bonds. The molecule has 0 fully saturated rings. The van der Waals surface area contributed by atoms with Gasteiger partial charge in [0.15, 0.2) is 0 Å². The van der Waals surface area contributed by atoms with Gasteiger partial charge in [-0.15, -0.1) is 0 Å². The minimum absolute atomic E-state index is 0.284. The van der Waals surface area contributed by atoms with Crippen molar-refractivity contribution >= 4 is 28.1 Å². The largest absolute Gasteiger partial charge is 0.459 e. The van der Waals surface area contributed by atoms with E-state index in [0.717, 1.165) is 17.1 Å². The molecule has 1 aliphatic rings. The molecule has 0 aliphatic carbocycles. The Bertz CT molecular complexity index is 585. The maximum absolute atomic E-state index is 11.6. The molecular formula is C12H18N2O7S. The Morgan fingerprint density at radius 2 is 1.77 bits per heavy atom. The summed E-state index contributed by atoms with van der Waals surface area (Å²) in [5, 5.41) is 0. The Hall–Kier alpha value is -1.78. The third-order valence-electron chi connectivity index (χ3n) is 2.53. The summed E-state index contributed by atoms with van der Waals surface area (Å²) in [7, 11) is -4.68. The molecule has 0 atom stereocenters. The predicted molar refractivity (Wildman–Crippen MR) is 74.8 cm³/mol. The van der Waals surface area contributed by atoms with Gasteiger partial charge >= 0.3 is 16.3 Å². The fourth-order valence-corrected chi connectivity index (χ4v) is 2.24. The minimum Gasteiger partial charge on any atom is -0.459 e. The highest BCUT2D eigenvalue weighted by atomic mass is 32.2. The smallest absolute Gasteiger partial charge is 0.336 e. The van der Waals surface area contributed by atoms with Crippen molar-refractivity contribution in [2.24, 2.45) is 0 Å². The maximum Gasteiger partial charge on any atom is 0.336 e. The number of imide groups is 1. The summed E-state index contributed by atoms with van der Waals surface area (Å²) in [6, 6.07) is 0. The average molecular weight is 334 g/mol. The van der Waals surface area contributed by atoms with Gasteiger partial charge in [0.05, 0.1) is 0 Å². The SMILES string of the molecule is CC(C)(C)OC(=O)CN(CCN1C(=O)C=CC1=O)S(=O)(=O)O. The topological polar surface area (TPSA) is 121 Å². The van der Waals surface area contributed by atoms with Crippen molar-refractivity contribution in [2.45, 2.75) is 26.4 Å². The van der Waals surface area contributed by atoms with Gasteiger partial charge < -0.3 is 4.74 Å². The van der Waals surface area contributed by atoms with E-state index < -0.39 is 46.8 Å². The highest BCUT2D eigenvalue weighted by Gasteiger charge is 2.29. The van der Waals surface area contributed by atoms with Crippen LogP contribution in [-0.4, -0.2) is 65.2 Å². The molecule has 0 aromatic heterocycles. The molecule has 1 heterocycles. The number of hydrogen-bond acceptors (Lipinski definition) is 6. The zero-order valence-electron chi connectivity index (χ0n) is 12.5. The van der Waals surface area contributed by atoms with E-state index in [4.69, 9.17) is 9.29 Å². The standard InChI is InChI=1S/C12H18N2O7S/c1-12(2,3)21-11(17)8-13(22(18,19)20)6-7-14-9(15)4-5-10(14)16/h4-5H,6-8H2,1-3H3,(H,18,19,20). The van der Waals surface area contributed by atoms with E-state index in [9.17, 15) is 22.8 Å². The summed E-state index contributed by atoms with van der Waals surface area (Å²) in [6.45, 7) is 3.39. The lowest BCUT2D eigenvalue weighted by atomic mass is 10.2. The second-order valence-corrected chi connectivity index (χ2v) is 6.97. The minimum atomic E-state index is -4.68. The Labute approximate surface area is 128 Å². The number of hydrogen-bond donors (Lipinski definition) is 1. The number of carbonyl (C=O) groups excluding carboxylic acids is 3. The number of ether oxygens (including phenoxy) is 1. The van der Waals surface area contributed by atoms with Gasteiger partial charge in [0.1, 0.15) is 12.1 Å². The van der Waals surface area contributed by atoms with Crippen LogP contribution in [0, 0.1) is 0 Å². The van der Waals surface area contributed by atoms with E-state index >= 15 is 0 Å². The number of carbonyl (C=O) groups is 3. The van der Waals surface area contributed by atoms with E-state index in [1.165, 1.54) is 0 Å².